The van der Waals surface area contributed by atoms with E-state index < -0.39 is 11.7 Å². The lowest BCUT2D eigenvalue weighted by molar-refractivity contribution is -0.117. The number of morpholine rings is 1. The number of ether oxygens (including phenoxy) is 1. The highest BCUT2D eigenvalue weighted by Crippen LogP contribution is 2.35. The molecule has 0 aliphatic carbocycles. The van der Waals surface area contributed by atoms with Crippen molar-refractivity contribution in [3.63, 3.8) is 0 Å². The van der Waals surface area contributed by atoms with E-state index in [0.717, 1.165) is 0 Å². The number of rotatable bonds is 3. The molecule has 1 aliphatic heterocycles. The fraction of sp³-hybridized carbons (Fsp3) is 0.263. The van der Waals surface area contributed by atoms with E-state index in [2.05, 4.69) is 20.9 Å². The van der Waals surface area contributed by atoms with E-state index in [4.69, 9.17) is 10.5 Å². The maximum Gasteiger partial charge on any atom is 0.254 e. The Morgan fingerprint density at radius 1 is 1.26 bits per heavy atom. The second-order valence-corrected chi connectivity index (χ2v) is 7.37. The van der Waals surface area contributed by atoms with Crippen LogP contribution in [0.5, 0.6) is 0 Å². The fourth-order valence-electron chi connectivity index (χ4n) is 3.48. The largest absolute Gasteiger partial charge is 0.378 e. The molecule has 0 spiro atoms. The van der Waals surface area contributed by atoms with Crippen LogP contribution in [0.3, 0.4) is 0 Å². The normalized spacial score (nSPS) is 14.8. The first-order valence-corrected chi connectivity index (χ1v) is 9.32. The second-order valence-electron chi connectivity index (χ2n) is 6.51. The van der Waals surface area contributed by atoms with Crippen molar-refractivity contribution in [3.05, 3.63) is 45.7 Å². The van der Waals surface area contributed by atoms with Crippen molar-refractivity contribution >= 4 is 49.6 Å². The number of nitrogens with zero attached hydrogens (tertiary/aromatic N) is 1. The number of amides is 2. The number of carbonyl (C=O) groups excluding carboxylic acids is 2. The standard InChI is InChI=1S/C19H17BrFN3O3/c20-13-8-11(9-15(22)25)18-16(17(13)21)12-7-10(1-2-14(12)23-18)19(26)24-3-5-27-6-4-24/h1-2,7-8,23H,3-6,9H2,(H2,22,25). The van der Waals surface area contributed by atoms with Crippen LogP contribution in [0.4, 0.5) is 4.39 Å². The molecule has 0 unspecified atom stereocenters. The summed E-state index contributed by atoms with van der Waals surface area (Å²) in [6.07, 6.45) is -0.0121. The Hall–Kier alpha value is -2.45. The number of halogens is 2. The molecule has 2 aromatic carbocycles. The number of H-pyrrole nitrogens is 1. The lowest BCUT2D eigenvalue weighted by atomic mass is 10.0. The molecule has 0 bridgehead atoms. The van der Waals surface area contributed by atoms with Gasteiger partial charge in [0.25, 0.3) is 5.91 Å². The molecule has 1 aromatic heterocycles. The number of fused-ring (bicyclic) bond motifs is 3. The summed E-state index contributed by atoms with van der Waals surface area (Å²) in [6, 6.07) is 6.72. The Morgan fingerprint density at radius 2 is 2.00 bits per heavy atom. The number of hydrogen-bond acceptors (Lipinski definition) is 3. The molecule has 1 fully saturated rings. The minimum atomic E-state index is -0.503. The van der Waals surface area contributed by atoms with Crippen molar-refractivity contribution in [2.24, 2.45) is 5.73 Å². The van der Waals surface area contributed by atoms with E-state index in [1.807, 2.05) is 0 Å². The summed E-state index contributed by atoms with van der Waals surface area (Å²) in [5, 5.41) is 0.931. The SMILES string of the molecule is NC(=O)Cc1cc(Br)c(F)c2c1[nH]c1ccc(C(=O)N3CCOCC3)cc12. The third kappa shape index (κ3) is 3.19. The molecule has 2 amide bonds. The molecule has 8 heteroatoms. The lowest BCUT2D eigenvalue weighted by Crippen LogP contribution is -2.40. The molecular weight excluding hydrogens is 417 g/mol. The van der Waals surface area contributed by atoms with Gasteiger partial charge in [0.05, 0.1) is 29.6 Å². The van der Waals surface area contributed by atoms with Crippen LogP contribution in [0.2, 0.25) is 0 Å². The van der Waals surface area contributed by atoms with Crippen molar-refractivity contribution in [2.45, 2.75) is 6.42 Å². The van der Waals surface area contributed by atoms with E-state index in [0.29, 0.717) is 59.2 Å². The maximum atomic E-state index is 14.9. The smallest absolute Gasteiger partial charge is 0.254 e. The van der Waals surface area contributed by atoms with Gasteiger partial charge < -0.3 is 20.4 Å². The number of aromatic amines is 1. The summed E-state index contributed by atoms with van der Waals surface area (Å²) in [6.45, 7) is 2.10. The molecule has 4 rings (SSSR count). The number of nitrogens with two attached hydrogens (primary N) is 1. The van der Waals surface area contributed by atoms with Gasteiger partial charge in [0.15, 0.2) is 0 Å². The van der Waals surface area contributed by atoms with Crippen LogP contribution in [0.15, 0.2) is 28.7 Å². The van der Waals surface area contributed by atoms with Gasteiger partial charge >= 0.3 is 0 Å². The van der Waals surface area contributed by atoms with E-state index in [1.54, 1.807) is 29.2 Å². The molecule has 0 atom stereocenters. The van der Waals surface area contributed by atoms with E-state index in [1.165, 1.54) is 0 Å². The van der Waals surface area contributed by atoms with Crippen LogP contribution in [-0.2, 0) is 16.0 Å². The highest BCUT2D eigenvalue weighted by atomic mass is 79.9. The number of nitrogens with one attached hydrogen (secondary N) is 1. The quantitative estimate of drug-likeness (QED) is 0.665. The molecule has 6 nitrogen and oxygen atoms in total. The van der Waals surface area contributed by atoms with Crippen molar-refractivity contribution in [2.75, 3.05) is 26.3 Å². The molecule has 0 radical (unpaired) electrons. The van der Waals surface area contributed by atoms with Crippen LogP contribution in [0.1, 0.15) is 15.9 Å². The van der Waals surface area contributed by atoms with Crippen LogP contribution < -0.4 is 5.73 Å². The third-order valence-electron chi connectivity index (χ3n) is 4.76. The van der Waals surface area contributed by atoms with Crippen LogP contribution in [0, 0.1) is 5.82 Å². The molecule has 3 N–H and O–H groups in total. The van der Waals surface area contributed by atoms with Gasteiger partial charge in [-0.3, -0.25) is 9.59 Å². The topological polar surface area (TPSA) is 88.4 Å². The molecular formula is C19H17BrFN3O3. The summed E-state index contributed by atoms with van der Waals surface area (Å²) < 4.78 is 20.4. The Kier molecular flexibility index (Phi) is 4.61. The van der Waals surface area contributed by atoms with E-state index >= 15 is 0 Å². The maximum absolute atomic E-state index is 14.9. The Bertz CT molecular complexity index is 1070. The average molecular weight is 434 g/mol. The minimum absolute atomic E-state index is 0.0121. The number of hydrogen-bond donors (Lipinski definition) is 2. The monoisotopic (exact) mass is 433 g/mol. The fourth-order valence-corrected chi connectivity index (χ4v) is 3.95. The molecule has 3 aromatic rings. The Morgan fingerprint density at radius 3 is 2.70 bits per heavy atom. The van der Waals surface area contributed by atoms with Gasteiger partial charge in [-0.1, -0.05) is 0 Å². The molecule has 1 aliphatic rings. The van der Waals surface area contributed by atoms with Crippen molar-refractivity contribution < 1.29 is 18.7 Å². The predicted octanol–water partition coefficient (Wildman–Crippen LogP) is 2.72. The summed E-state index contributed by atoms with van der Waals surface area (Å²) in [5.41, 5.74) is 7.61. The Labute approximate surface area is 162 Å². The molecule has 27 heavy (non-hydrogen) atoms. The summed E-state index contributed by atoms with van der Waals surface area (Å²) in [7, 11) is 0. The number of primary amides is 1. The molecule has 0 saturated carbocycles. The number of carbonyl (C=O) groups is 2. The van der Waals surface area contributed by atoms with E-state index in [-0.39, 0.29) is 16.8 Å². The zero-order valence-corrected chi connectivity index (χ0v) is 15.9. The Balaban J connectivity index is 1.87. The number of benzene rings is 2. The summed E-state index contributed by atoms with van der Waals surface area (Å²) in [5.74, 6) is -1.06. The predicted molar refractivity (Wildman–Crippen MR) is 103 cm³/mol. The van der Waals surface area contributed by atoms with Gasteiger partial charge in [-0.2, -0.15) is 0 Å². The molecule has 1 saturated heterocycles. The van der Waals surface area contributed by atoms with Crippen LogP contribution in [0.25, 0.3) is 21.8 Å². The molecule has 140 valence electrons. The van der Waals surface area contributed by atoms with Crippen molar-refractivity contribution in [3.8, 4) is 0 Å². The first-order chi connectivity index (χ1) is 13.0. The van der Waals surface area contributed by atoms with E-state index in [9.17, 15) is 14.0 Å². The first-order valence-electron chi connectivity index (χ1n) is 8.53. The van der Waals surface area contributed by atoms with Gasteiger partial charge in [0.2, 0.25) is 5.91 Å². The van der Waals surface area contributed by atoms with Gasteiger partial charge in [-0.05, 0) is 45.8 Å². The minimum Gasteiger partial charge on any atom is -0.378 e. The van der Waals surface area contributed by atoms with Crippen LogP contribution >= 0.6 is 15.9 Å². The highest BCUT2D eigenvalue weighted by molar-refractivity contribution is 9.10. The van der Waals surface area contributed by atoms with Gasteiger partial charge in [0.1, 0.15) is 5.82 Å². The number of aromatic nitrogens is 1. The third-order valence-corrected chi connectivity index (χ3v) is 5.34. The summed E-state index contributed by atoms with van der Waals surface area (Å²) >= 11 is 3.21. The second kappa shape index (κ2) is 6.94. The molecule has 2 heterocycles. The van der Waals surface area contributed by atoms with Crippen molar-refractivity contribution in [1.82, 2.24) is 9.88 Å². The highest BCUT2D eigenvalue weighted by Gasteiger charge is 2.21. The lowest BCUT2D eigenvalue weighted by Gasteiger charge is -2.26. The first kappa shape index (κ1) is 17.9. The van der Waals surface area contributed by atoms with Crippen molar-refractivity contribution in [1.29, 1.82) is 0 Å². The van der Waals surface area contributed by atoms with Crippen LogP contribution in [-0.4, -0.2) is 48.0 Å². The van der Waals surface area contributed by atoms with Gasteiger partial charge in [-0.25, -0.2) is 4.39 Å². The zero-order valence-electron chi connectivity index (χ0n) is 14.4. The average Bonchev–Trinajstić information content (AvgIpc) is 3.05. The summed E-state index contributed by atoms with van der Waals surface area (Å²) in [4.78, 5) is 29.0. The van der Waals surface area contributed by atoms with Gasteiger partial charge in [0, 0.05) is 34.9 Å². The zero-order chi connectivity index (χ0) is 19.1. The van der Waals surface area contributed by atoms with Gasteiger partial charge in [-0.15, -0.1) is 0 Å².